The highest BCUT2D eigenvalue weighted by Gasteiger charge is 2.18. The molecule has 0 bridgehead atoms. The molecule has 0 radical (unpaired) electrons. The van der Waals surface area contributed by atoms with Gasteiger partial charge in [-0.2, -0.15) is 0 Å². The Kier molecular flexibility index (Phi) is 6.88. The van der Waals surface area contributed by atoms with E-state index >= 15 is 0 Å². The molecule has 0 saturated carbocycles. The molecule has 0 aliphatic rings. The quantitative estimate of drug-likeness (QED) is 0.420. The van der Waals surface area contributed by atoms with E-state index in [1.807, 2.05) is 11.4 Å². The monoisotopic (exact) mass is 450 g/mol. The summed E-state index contributed by atoms with van der Waals surface area (Å²) in [5, 5.41) is 2.43. The first kappa shape index (κ1) is 21.7. The van der Waals surface area contributed by atoms with Crippen LogP contribution < -0.4 is 10.3 Å². The number of amides is 1. The molecular formula is C23H22N4O4S. The number of aromatic nitrogens is 3. The number of carbonyl (C=O) groups excluding carboxylic acids is 1. The molecule has 0 atom stereocenters. The maximum Gasteiger partial charge on any atom is 0.258 e. The third-order valence-corrected chi connectivity index (χ3v) is 5.44. The van der Waals surface area contributed by atoms with Crippen LogP contribution in [-0.2, 0) is 17.9 Å². The molecule has 8 nitrogen and oxygen atoms in total. The fourth-order valence-electron chi connectivity index (χ4n) is 3.21. The molecule has 164 valence electrons. The van der Waals surface area contributed by atoms with E-state index in [2.05, 4.69) is 15.0 Å². The van der Waals surface area contributed by atoms with Crippen molar-refractivity contribution in [3.8, 4) is 5.75 Å². The molecule has 32 heavy (non-hydrogen) atoms. The van der Waals surface area contributed by atoms with Gasteiger partial charge in [0.2, 0.25) is 0 Å². The van der Waals surface area contributed by atoms with Crippen LogP contribution >= 0.6 is 11.3 Å². The van der Waals surface area contributed by atoms with Crippen molar-refractivity contribution < 1.29 is 14.3 Å². The molecule has 1 amide bonds. The normalized spacial score (nSPS) is 10.9. The topological polar surface area (TPSA) is 97.4 Å². The van der Waals surface area contributed by atoms with Crippen molar-refractivity contribution in [3.05, 3.63) is 86.9 Å². The highest BCUT2D eigenvalue weighted by atomic mass is 32.1. The van der Waals surface area contributed by atoms with Crippen LogP contribution in [0.25, 0.3) is 10.9 Å². The number of thiazole rings is 1. The van der Waals surface area contributed by atoms with Gasteiger partial charge in [0.1, 0.15) is 18.2 Å². The molecule has 0 fully saturated rings. The molecule has 2 aromatic heterocycles. The standard InChI is InChI=1S/C23H22N4O4S/c1-30-10-9-27(12-21-25-20-8-3-2-7-19(20)22(28)26-21)23(29)16-5-4-6-18(11-16)31-13-17-14-32-15-24-17/h2-8,11,14-15H,9-10,12-13H2,1H3,(H,25,26,28). The molecule has 2 heterocycles. The average Bonchev–Trinajstić information content (AvgIpc) is 3.34. The maximum atomic E-state index is 13.3. The van der Waals surface area contributed by atoms with Gasteiger partial charge in [-0.3, -0.25) is 9.59 Å². The summed E-state index contributed by atoms with van der Waals surface area (Å²) in [6, 6.07) is 14.1. The molecule has 2 aromatic carbocycles. The van der Waals surface area contributed by atoms with Gasteiger partial charge in [-0.15, -0.1) is 11.3 Å². The number of carbonyl (C=O) groups is 1. The van der Waals surface area contributed by atoms with Crippen LogP contribution in [0.1, 0.15) is 21.9 Å². The summed E-state index contributed by atoms with van der Waals surface area (Å²) in [5.74, 6) is 0.777. The fraction of sp³-hybridized carbons (Fsp3) is 0.217. The minimum absolute atomic E-state index is 0.145. The summed E-state index contributed by atoms with van der Waals surface area (Å²) in [4.78, 5) is 38.8. The number of hydrogen-bond acceptors (Lipinski definition) is 7. The van der Waals surface area contributed by atoms with Crippen molar-refractivity contribution in [1.29, 1.82) is 0 Å². The number of hydrogen-bond donors (Lipinski definition) is 1. The number of fused-ring (bicyclic) bond motifs is 1. The summed E-state index contributed by atoms with van der Waals surface area (Å²) in [6.07, 6.45) is 0. The second kappa shape index (κ2) is 10.2. The minimum atomic E-state index is -0.234. The van der Waals surface area contributed by atoms with Crippen molar-refractivity contribution in [1.82, 2.24) is 19.9 Å². The van der Waals surface area contributed by atoms with Gasteiger partial charge < -0.3 is 19.4 Å². The van der Waals surface area contributed by atoms with Crippen LogP contribution in [0, 0.1) is 0 Å². The first-order chi connectivity index (χ1) is 15.6. The molecule has 4 rings (SSSR count). The van der Waals surface area contributed by atoms with Crippen molar-refractivity contribution in [3.63, 3.8) is 0 Å². The molecule has 4 aromatic rings. The maximum absolute atomic E-state index is 13.3. The molecule has 1 N–H and O–H groups in total. The van der Waals surface area contributed by atoms with Crippen LogP contribution in [0.2, 0.25) is 0 Å². The van der Waals surface area contributed by atoms with Gasteiger partial charge in [-0.1, -0.05) is 18.2 Å². The lowest BCUT2D eigenvalue weighted by Crippen LogP contribution is -2.34. The van der Waals surface area contributed by atoms with Gasteiger partial charge >= 0.3 is 0 Å². The summed E-state index contributed by atoms with van der Waals surface area (Å²) in [7, 11) is 1.58. The molecular weight excluding hydrogens is 428 g/mol. The van der Waals surface area contributed by atoms with Crippen molar-refractivity contribution >= 4 is 28.1 Å². The van der Waals surface area contributed by atoms with Gasteiger partial charge in [0, 0.05) is 24.6 Å². The van der Waals surface area contributed by atoms with Crippen molar-refractivity contribution in [2.45, 2.75) is 13.2 Å². The Bertz CT molecular complexity index is 1260. The van der Waals surface area contributed by atoms with Gasteiger partial charge in [-0.25, -0.2) is 9.97 Å². The van der Waals surface area contributed by atoms with E-state index in [-0.39, 0.29) is 18.0 Å². The van der Waals surface area contributed by atoms with Gasteiger partial charge in [0.15, 0.2) is 0 Å². The lowest BCUT2D eigenvalue weighted by Gasteiger charge is -2.22. The highest BCUT2D eigenvalue weighted by Crippen LogP contribution is 2.18. The SMILES string of the molecule is COCCN(Cc1nc2ccccc2c(=O)[nH]1)C(=O)c1cccc(OCc2cscn2)c1. The summed E-state index contributed by atoms with van der Waals surface area (Å²) >= 11 is 1.50. The predicted octanol–water partition coefficient (Wildman–Crippen LogP) is 3.25. The molecule has 0 aliphatic carbocycles. The van der Waals surface area contributed by atoms with E-state index in [1.54, 1.807) is 60.0 Å². The van der Waals surface area contributed by atoms with E-state index in [0.29, 0.717) is 47.8 Å². The lowest BCUT2D eigenvalue weighted by atomic mass is 10.2. The molecule has 0 spiro atoms. The number of H-pyrrole nitrogens is 1. The lowest BCUT2D eigenvalue weighted by molar-refractivity contribution is 0.0674. The Morgan fingerprint density at radius 1 is 1.19 bits per heavy atom. The summed E-state index contributed by atoms with van der Waals surface area (Å²) in [5.41, 5.74) is 3.40. The number of methoxy groups -OCH3 is 1. The molecule has 0 aliphatic heterocycles. The molecule has 0 saturated heterocycles. The van der Waals surface area contributed by atoms with Crippen molar-refractivity contribution in [2.75, 3.05) is 20.3 Å². The first-order valence-electron chi connectivity index (χ1n) is 10.00. The first-order valence-corrected chi connectivity index (χ1v) is 10.9. The Morgan fingerprint density at radius 3 is 2.88 bits per heavy atom. The zero-order chi connectivity index (χ0) is 22.3. The smallest absolute Gasteiger partial charge is 0.258 e. The Balaban J connectivity index is 1.54. The fourth-order valence-corrected chi connectivity index (χ4v) is 3.76. The van der Waals surface area contributed by atoms with Gasteiger partial charge in [0.25, 0.3) is 11.5 Å². The average molecular weight is 451 g/mol. The summed E-state index contributed by atoms with van der Waals surface area (Å²) in [6.45, 7) is 1.17. The van der Waals surface area contributed by atoms with Crippen molar-refractivity contribution in [2.24, 2.45) is 0 Å². The molecule has 9 heteroatoms. The van der Waals surface area contributed by atoms with Crippen LogP contribution in [0.3, 0.4) is 0 Å². The summed E-state index contributed by atoms with van der Waals surface area (Å²) < 4.78 is 10.9. The second-order valence-corrected chi connectivity index (χ2v) is 7.76. The number of benzene rings is 2. The van der Waals surface area contributed by atoms with E-state index in [1.165, 1.54) is 11.3 Å². The number of aromatic amines is 1. The number of nitrogens with zero attached hydrogens (tertiary/aromatic N) is 3. The van der Waals surface area contributed by atoms with Gasteiger partial charge in [-0.05, 0) is 30.3 Å². The number of nitrogens with one attached hydrogen (secondary N) is 1. The van der Waals surface area contributed by atoms with Crippen LogP contribution in [0.5, 0.6) is 5.75 Å². The van der Waals surface area contributed by atoms with E-state index in [0.717, 1.165) is 5.69 Å². The Labute approximate surface area is 188 Å². The van der Waals surface area contributed by atoms with E-state index in [4.69, 9.17) is 9.47 Å². The number of rotatable bonds is 9. The Morgan fingerprint density at radius 2 is 2.06 bits per heavy atom. The Hall–Kier alpha value is -3.56. The number of para-hydroxylation sites is 1. The van der Waals surface area contributed by atoms with Crippen LogP contribution in [-0.4, -0.2) is 46.0 Å². The van der Waals surface area contributed by atoms with E-state index in [9.17, 15) is 9.59 Å². The zero-order valence-corrected chi connectivity index (χ0v) is 18.3. The largest absolute Gasteiger partial charge is 0.487 e. The second-order valence-electron chi connectivity index (χ2n) is 7.05. The number of ether oxygens (including phenoxy) is 2. The molecule has 0 unspecified atom stereocenters. The highest BCUT2D eigenvalue weighted by molar-refractivity contribution is 7.07. The van der Waals surface area contributed by atoms with Gasteiger partial charge in [0.05, 0.1) is 35.3 Å². The zero-order valence-electron chi connectivity index (χ0n) is 17.5. The van der Waals surface area contributed by atoms with Crippen LogP contribution in [0.15, 0.2) is 64.2 Å². The predicted molar refractivity (Wildman–Crippen MR) is 122 cm³/mol. The van der Waals surface area contributed by atoms with Crippen LogP contribution in [0.4, 0.5) is 0 Å². The van der Waals surface area contributed by atoms with E-state index < -0.39 is 0 Å². The third kappa shape index (κ3) is 5.19. The third-order valence-electron chi connectivity index (χ3n) is 4.81. The minimum Gasteiger partial charge on any atom is -0.487 e.